The van der Waals surface area contributed by atoms with E-state index in [0.29, 0.717) is 25.1 Å². The first-order chi connectivity index (χ1) is 12.6. The molecule has 2 amide bonds. The van der Waals surface area contributed by atoms with Crippen LogP contribution in [-0.2, 0) is 11.3 Å². The number of hydrogen-bond donors (Lipinski definition) is 1. The molecule has 0 radical (unpaired) electrons. The summed E-state index contributed by atoms with van der Waals surface area (Å²) in [6, 6.07) is 15.9. The fraction of sp³-hybridized carbons (Fsp3) is 0.333. The van der Waals surface area contributed by atoms with Crippen LogP contribution in [0.25, 0.3) is 0 Å². The molecule has 1 aliphatic rings. The van der Waals surface area contributed by atoms with Crippen molar-refractivity contribution in [2.24, 2.45) is 0 Å². The molecule has 0 atom stereocenters. The molecule has 0 aromatic heterocycles. The second-order valence-electron chi connectivity index (χ2n) is 6.54. The van der Waals surface area contributed by atoms with Gasteiger partial charge in [-0.3, -0.25) is 9.59 Å². The Hall–Kier alpha value is -2.27. The molecule has 26 heavy (non-hydrogen) atoms. The van der Waals surface area contributed by atoms with Gasteiger partial charge in [-0.15, -0.1) is 11.8 Å². The van der Waals surface area contributed by atoms with Gasteiger partial charge in [-0.25, -0.2) is 0 Å². The first-order valence-corrected chi connectivity index (χ1v) is 9.95. The molecule has 136 valence electrons. The molecule has 5 heteroatoms. The summed E-state index contributed by atoms with van der Waals surface area (Å²) in [5.41, 5.74) is 2.90. The lowest BCUT2D eigenvalue weighted by atomic mass is 10.1. The molecule has 0 aliphatic carbocycles. The van der Waals surface area contributed by atoms with Crippen molar-refractivity contribution in [3.8, 4) is 0 Å². The van der Waals surface area contributed by atoms with E-state index in [0.717, 1.165) is 24.3 Å². The molecule has 1 aliphatic heterocycles. The molecule has 1 saturated heterocycles. The quantitative estimate of drug-likeness (QED) is 0.600. The van der Waals surface area contributed by atoms with E-state index in [1.54, 1.807) is 11.8 Å². The largest absolute Gasteiger partial charge is 0.351 e. The number of hydrogen-bond acceptors (Lipinski definition) is 3. The number of carbonyl (C=O) groups excluding carboxylic acids is 2. The normalized spacial score (nSPS) is 13.9. The van der Waals surface area contributed by atoms with Crippen LogP contribution in [0.1, 0.15) is 34.3 Å². The Labute approximate surface area is 159 Å². The maximum Gasteiger partial charge on any atom is 0.251 e. The lowest BCUT2D eigenvalue weighted by molar-refractivity contribution is -0.128. The van der Waals surface area contributed by atoms with Crippen LogP contribution < -0.4 is 5.32 Å². The SMILES string of the molecule is Cc1ccc(SCCNC(=O)c2cccc(CN3CCCC3=O)c2)cc1. The van der Waals surface area contributed by atoms with Crippen molar-refractivity contribution in [1.82, 2.24) is 10.2 Å². The second kappa shape index (κ2) is 8.90. The van der Waals surface area contributed by atoms with Gasteiger partial charge in [0.25, 0.3) is 5.91 Å². The summed E-state index contributed by atoms with van der Waals surface area (Å²) in [6.07, 6.45) is 1.57. The van der Waals surface area contributed by atoms with Crippen LogP contribution in [0.4, 0.5) is 0 Å². The van der Waals surface area contributed by atoms with Crippen LogP contribution in [-0.4, -0.2) is 35.6 Å². The highest BCUT2D eigenvalue weighted by atomic mass is 32.2. The van der Waals surface area contributed by atoms with E-state index in [4.69, 9.17) is 0 Å². The fourth-order valence-corrected chi connectivity index (χ4v) is 3.74. The Morgan fingerprint density at radius 2 is 2.00 bits per heavy atom. The number of aryl methyl sites for hydroxylation is 1. The predicted octanol–water partition coefficient (Wildman–Crippen LogP) is 3.64. The minimum absolute atomic E-state index is 0.0656. The highest BCUT2D eigenvalue weighted by Crippen LogP contribution is 2.18. The topological polar surface area (TPSA) is 49.4 Å². The monoisotopic (exact) mass is 368 g/mol. The molecule has 0 bridgehead atoms. The molecule has 2 aromatic carbocycles. The predicted molar refractivity (Wildman–Crippen MR) is 105 cm³/mol. The van der Waals surface area contributed by atoms with Crippen molar-refractivity contribution in [3.05, 3.63) is 65.2 Å². The number of nitrogens with one attached hydrogen (secondary N) is 1. The van der Waals surface area contributed by atoms with Gasteiger partial charge < -0.3 is 10.2 Å². The number of thioether (sulfide) groups is 1. The van der Waals surface area contributed by atoms with Crippen molar-refractivity contribution in [2.45, 2.75) is 31.2 Å². The lowest BCUT2D eigenvalue weighted by Gasteiger charge is -2.16. The van der Waals surface area contributed by atoms with E-state index >= 15 is 0 Å². The van der Waals surface area contributed by atoms with E-state index in [9.17, 15) is 9.59 Å². The molecular formula is C21H24N2O2S. The van der Waals surface area contributed by atoms with Gasteiger partial charge in [0.1, 0.15) is 0 Å². The van der Waals surface area contributed by atoms with E-state index in [1.165, 1.54) is 10.5 Å². The zero-order valence-electron chi connectivity index (χ0n) is 15.0. The summed E-state index contributed by atoms with van der Waals surface area (Å²) >= 11 is 1.73. The Bertz CT molecular complexity index is 774. The molecule has 3 rings (SSSR count). The molecule has 0 saturated carbocycles. The number of amides is 2. The van der Waals surface area contributed by atoms with Gasteiger partial charge in [0, 0.05) is 42.3 Å². The first kappa shape index (κ1) is 18.5. The van der Waals surface area contributed by atoms with Crippen molar-refractivity contribution >= 4 is 23.6 Å². The summed E-state index contributed by atoms with van der Waals surface area (Å²) in [5.74, 6) is 0.966. The summed E-state index contributed by atoms with van der Waals surface area (Å²) in [7, 11) is 0. The van der Waals surface area contributed by atoms with Crippen LogP contribution in [0.2, 0.25) is 0 Å². The minimum atomic E-state index is -0.0656. The number of carbonyl (C=O) groups is 2. The van der Waals surface area contributed by atoms with Crippen LogP contribution >= 0.6 is 11.8 Å². The summed E-state index contributed by atoms with van der Waals surface area (Å²) in [6.45, 7) is 4.09. The maximum atomic E-state index is 12.4. The fourth-order valence-electron chi connectivity index (χ4n) is 2.97. The van der Waals surface area contributed by atoms with Crippen LogP contribution in [0.3, 0.4) is 0 Å². The summed E-state index contributed by atoms with van der Waals surface area (Å²) in [4.78, 5) is 27.2. The van der Waals surface area contributed by atoms with E-state index < -0.39 is 0 Å². The zero-order chi connectivity index (χ0) is 18.4. The maximum absolute atomic E-state index is 12.4. The zero-order valence-corrected chi connectivity index (χ0v) is 15.8. The van der Waals surface area contributed by atoms with Crippen LogP contribution in [0, 0.1) is 6.92 Å². The third kappa shape index (κ3) is 5.11. The molecule has 1 N–H and O–H groups in total. The molecular weight excluding hydrogens is 344 g/mol. The van der Waals surface area contributed by atoms with Crippen molar-refractivity contribution in [1.29, 1.82) is 0 Å². The lowest BCUT2D eigenvalue weighted by Crippen LogP contribution is -2.26. The smallest absolute Gasteiger partial charge is 0.251 e. The molecule has 2 aromatic rings. The van der Waals surface area contributed by atoms with Gasteiger partial charge in [0.05, 0.1) is 0 Å². The number of nitrogens with zero attached hydrogens (tertiary/aromatic N) is 1. The van der Waals surface area contributed by atoms with Gasteiger partial charge in [0.15, 0.2) is 0 Å². The molecule has 1 heterocycles. The van der Waals surface area contributed by atoms with Gasteiger partial charge in [0.2, 0.25) is 5.91 Å². The van der Waals surface area contributed by atoms with Gasteiger partial charge in [-0.1, -0.05) is 29.8 Å². The van der Waals surface area contributed by atoms with Crippen LogP contribution in [0.15, 0.2) is 53.4 Å². The van der Waals surface area contributed by atoms with Crippen molar-refractivity contribution in [2.75, 3.05) is 18.8 Å². The Morgan fingerprint density at radius 3 is 2.73 bits per heavy atom. The highest BCUT2D eigenvalue weighted by Gasteiger charge is 2.20. The van der Waals surface area contributed by atoms with E-state index in [2.05, 4.69) is 36.5 Å². The Morgan fingerprint density at radius 1 is 1.19 bits per heavy atom. The Balaban J connectivity index is 1.47. The Kier molecular flexibility index (Phi) is 6.34. The van der Waals surface area contributed by atoms with E-state index in [-0.39, 0.29) is 11.8 Å². The third-order valence-corrected chi connectivity index (χ3v) is 5.43. The van der Waals surface area contributed by atoms with Crippen molar-refractivity contribution < 1.29 is 9.59 Å². The molecule has 0 unspecified atom stereocenters. The highest BCUT2D eigenvalue weighted by molar-refractivity contribution is 7.99. The molecule has 4 nitrogen and oxygen atoms in total. The van der Waals surface area contributed by atoms with Gasteiger partial charge >= 0.3 is 0 Å². The molecule has 1 fully saturated rings. The average Bonchev–Trinajstić information content (AvgIpc) is 3.05. The third-order valence-electron chi connectivity index (χ3n) is 4.41. The minimum Gasteiger partial charge on any atom is -0.351 e. The second-order valence-corrected chi connectivity index (χ2v) is 7.70. The number of benzene rings is 2. The van der Waals surface area contributed by atoms with Gasteiger partial charge in [-0.2, -0.15) is 0 Å². The standard InChI is InChI=1S/C21H24N2O2S/c1-16-7-9-19(10-8-16)26-13-11-22-21(25)18-5-2-4-17(14-18)15-23-12-3-6-20(23)24/h2,4-5,7-10,14H,3,6,11-13,15H2,1H3,(H,22,25). The van der Waals surface area contributed by atoms with Crippen molar-refractivity contribution in [3.63, 3.8) is 0 Å². The first-order valence-electron chi connectivity index (χ1n) is 8.96. The number of likely N-dealkylation sites (tertiary alicyclic amines) is 1. The molecule has 0 spiro atoms. The van der Waals surface area contributed by atoms with Gasteiger partial charge in [-0.05, 0) is 43.2 Å². The van der Waals surface area contributed by atoms with Crippen LogP contribution in [0.5, 0.6) is 0 Å². The average molecular weight is 369 g/mol. The summed E-state index contributed by atoms with van der Waals surface area (Å²) < 4.78 is 0. The summed E-state index contributed by atoms with van der Waals surface area (Å²) in [5, 5.41) is 2.97. The number of rotatable bonds is 7. The van der Waals surface area contributed by atoms with E-state index in [1.807, 2.05) is 29.2 Å².